The molecule has 1 atom stereocenters. The van der Waals surface area contributed by atoms with Gasteiger partial charge in [0.15, 0.2) is 0 Å². The zero-order valence-corrected chi connectivity index (χ0v) is 12.7. The number of aliphatic hydroxyl groups is 1. The number of hydrogen-bond acceptors (Lipinski definition) is 2. The van der Waals surface area contributed by atoms with Gasteiger partial charge in [0.05, 0.1) is 18.2 Å². The number of benzene rings is 2. The molecule has 2 amide bonds. The third-order valence-corrected chi connectivity index (χ3v) is 3.55. The summed E-state index contributed by atoms with van der Waals surface area (Å²) in [5.74, 6) is 0. The number of carbonyl (C=O) groups is 1. The van der Waals surface area contributed by atoms with Crippen molar-refractivity contribution in [2.75, 3.05) is 6.54 Å². The van der Waals surface area contributed by atoms with Gasteiger partial charge in [-0.15, -0.1) is 0 Å². The molecule has 0 bridgehead atoms. The van der Waals surface area contributed by atoms with Crippen LogP contribution in [0.25, 0.3) is 0 Å². The maximum Gasteiger partial charge on any atom is 0.416 e. The molecule has 128 valence electrons. The minimum Gasteiger partial charge on any atom is -0.387 e. The van der Waals surface area contributed by atoms with E-state index in [0.717, 1.165) is 16.5 Å². The van der Waals surface area contributed by atoms with E-state index in [9.17, 15) is 23.1 Å². The molecule has 0 radical (unpaired) electrons. The lowest BCUT2D eigenvalue weighted by atomic mass is 10.0. The molecule has 0 aromatic heterocycles. The van der Waals surface area contributed by atoms with Crippen molar-refractivity contribution in [1.29, 1.82) is 0 Å². The van der Waals surface area contributed by atoms with Gasteiger partial charge in [0, 0.05) is 6.54 Å². The van der Waals surface area contributed by atoms with Crippen molar-refractivity contribution in [3.8, 4) is 0 Å². The van der Waals surface area contributed by atoms with Crippen LogP contribution in [0, 0.1) is 0 Å². The first-order valence-corrected chi connectivity index (χ1v) is 7.21. The van der Waals surface area contributed by atoms with E-state index in [-0.39, 0.29) is 18.7 Å². The van der Waals surface area contributed by atoms with Crippen LogP contribution in [0.3, 0.4) is 0 Å². The van der Waals surface area contributed by atoms with Crippen LogP contribution in [0.2, 0.25) is 0 Å². The monoisotopic (exact) mass is 338 g/mol. The lowest BCUT2D eigenvalue weighted by Crippen LogP contribution is -2.38. The molecule has 2 aromatic carbocycles. The zero-order chi connectivity index (χ0) is 17.7. The number of nitrogens with zero attached hydrogens (tertiary/aromatic N) is 1. The maximum absolute atomic E-state index is 13.0. The smallest absolute Gasteiger partial charge is 0.387 e. The second-order valence-corrected chi connectivity index (χ2v) is 5.31. The van der Waals surface area contributed by atoms with E-state index in [1.807, 2.05) is 0 Å². The van der Waals surface area contributed by atoms with Crippen LogP contribution in [0.5, 0.6) is 0 Å². The van der Waals surface area contributed by atoms with E-state index < -0.39 is 23.9 Å². The molecule has 0 aliphatic heterocycles. The summed E-state index contributed by atoms with van der Waals surface area (Å²) in [6.45, 7) is -0.237. The topological polar surface area (TPSA) is 66.6 Å². The Balaban J connectivity index is 2.20. The van der Waals surface area contributed by atoms with Crippen molar-refractivity contribution in [2.45, 2.75) is 18.8 Å². The molecule has 2 aromatic rings. The summed E-state index contributed by atoms with van der Waals surface area (Å²) >= 11 is 0. The largest absolute Gasteiger partial charge is 0.416 e. The first-order valence-electron chi connectivity index (χ1n) is 7.21. The molecule has 0 spiro atoms. The number of hydrogen-bond donors (Lipinski definition) is 2. The fraction of sp³-hybridized carbons (Fsp3) is 0.235. The molecule has 24 heavy (non-hydrogen) atoms. The number of primary amides is 1. The highest BCUT2D eigenvalue weighted by atomic mass is 19.4. The lowest BCUT2D eigenvalue weighted by Gasteiger charge is -2.25. The molecule has 4 nitrogen and oxygen atoms in total. The van der Waals surface area contributed by atoms with Crippen molar-refractivity contribution >= 4 is 6.03 Å². The highest BCUT2D eigenvalue weighted by Crippen LogP contribution is 2.34. The number of nitrogens with two attached hydrogens (primary N) is 1. The zero-order valence-electron chi connectivity index (χ0n) is 12.7. The number of halogens is 3. The highest BCUT2D eigenvalue weighted by Gasteiger charge is 2.35. The third-order valence-electron chi connectivity index (χ3n) is 3.55. The van der Waals surface area contributed by atoms with E-state index in [4.69, 9.17) is 5.73 Å². The van der Waals surface area contributed by atoms with Crippen molar-refractivity contribution in [3.05, 3.63) is 71.3 Å². The molecule has 7 heteroatoms. The Morgan fingerprint density at radius 3 is 2.25 bits per heavy atom. The van der Waals surface area contributed by atoms with Crippen molar-refractivity contribution in [2.24, 2.45) is 5.73 Å². The van der Waals surface area contributed by atoms with Gasteiger partial charge in [-0.1, -0.05) is 48.5 Å². The summed E-state index contributed by atoms with van der Waals surface area (Å²) in [7, 11) is 0. The number of urea groups is 1. The lowest BCUT2D eigenvalue weighted by molar-refractivity contribution is -0.139. The maximum atomic E-state index is 13.0. The van der Waals surface area contributed by atoms with Crippen molar-refractivity contribution in [3.63, 3.8) is 0 Å². The van der Waals surface area contributed by atoms with Gasteiger partial charge in [-0.05, 0) is 17.2 Å². The van der Waals surface area contributed by atoms with Gasteiger partial charge in [0.2, 0.25) is 0 Å². The predicted molar refractivity (Wildman–Crippen MR) is 82.8 cm³/mol. The molecule has 0 heterocycles. The average Bonchev–Trinajstić information content (AvgIpc) is 2.54. The van der Waals surface area contributed by atoms with Crippen LogP contribution >= 0.6 is 0 Å². The predicted octanol–water partition coefficient (Wildman–Crippen LogP) is 3.32. The van der Waals surface area contributed by atoms with E-state index in [1.165, 1.54) is 18.2 Å². The first kappa shape index (κ1) is 17.8. The SMILES string of the molecule is NC(=O)N(Cc1ccccc1)C[C@@H](O)c1ccccc1C(F)(F)F. The van der Waals surface area contributed by atoms with Gasteiger partial charge in [0.1, 0.15) is 0 Å². The minimum atomic E-state index is -4.59. The summed E-state index contributed by atoms with van der Waals surface area (Å²) in [6.07, 6.45) is -6.09. The average molecular weight is 338 g/mol. The summed E-state index contributed by atoms with van der Waals surface area (Å²) < 4.78 is 39.1. The Labute approximate surface area is 137 Å². The van der Waals surface area contributed by atoms with E-state index in [1.54, 1.807) is 30.3 Å². The summed E-state index contributed by atoms with van der Waals surface area (Å²) in [5, 5.41) is 10.2. The van der Waals surface area contributed by atoms with Crippen LogP contribution in [-0.4, -0.2) is 22.6 Å². The van der Waals surface area contributed by atoms with Crippen LogP contribution in [0.1, 0.15) is 22.8 Å². The van der Waals surface area contributed by atoms with E-state index in [0.29, 0.717) is 0 Å². The van der Waals surface area contributed by atoms with Crippen LogP contribution in [0.15, 0.2) is 54.6 Å². The van der Waals surface area contributed by atoms with E-state index >= 15 is 0 Å². The minimum absolute atomic E-state index is 0.0986. The molecular weight excluding hydrogens is 321 g/mol. The fourth-order valence-electron chi connectivity index (χ4n) is 2.39. The van der Waals surface area contributed by atoms with Crippen molar-refractivity contribution < 1.29 is 23.1 Å². The summed E-state index contributed by atoms with van der Waals surface area (Å²) in [4.78, 5) is 12.7. The highest BCUT2D eigenvalue weighted by molar-refractivity contribution is 5.72. The van der Waals surface area contributed by atoms with Gasteiger partial charge >= 0.3 is 12.2 Å². The number of aliphatic hydroxyl groups excluding tert-OH is 1. The van der Waals surface area contributed by atoms with Gasteiger partial charge in [-0.2, -0.15) is 13.2 Å². The summed E-state index contributed by atoms with van der Waals surface area (Å²) in [5.41, 5.74) is 4.83. The Morgan fingerprint density at radius 1 is 1.08 bits per heavy atom. The number of amides is 2. The molecule has 0 unspecified atom stereocenters. The molecule has 3 N–H and O–H groups in total. The van der Waals surface area contributed by atoms with Gasteiger partial charge in [-0.25, -0.2) is 4.79 Å². The number of rotatable bonds is 5. The third kappa shape index (κ3) is 4.48. The number of alkyl halides is 3. The molecule has 2 rings (SSSR count). The Hall–Kier alpha value is -2.54. The fourth-order valence-corrected chi connectivity index (χ4v) is 2.39. The molecular formula is C17H17F3N2O2. The molecule has 0 fully saturated rings. The van der Waals surface area contributed by atoms with E-state index in [2.05, 4.69) is 0 Å². The Bertz CT molecular complexity index is 690. The number of carbonyl (C=O) groups excluding carboxylic acids is 1. The first-order chi connectivity index (χ1) is 11.3. The summed E-state index contributed by atoms with van der Waals surface area (Å²) in [6, 6.07) is 12.8. The van der Waals surface area contributed by atoms with Gasteiger partial charge in [0.25, 0.3) is 0 Å². The van der Waals surface area contributed by atoms with Gasteiger partial charge in [-0.3, -0.25) is 0 Å². The van der Waals surface area contributed by atoms with Crippen LogP contribution < -0.4 is 5.73 Å². The Morgan fingerprint density at radius 2 is 1.67 bits per heavy atom. The second kappa shape index (κ2) is 7.35. The molecule has 0 aliphatic carbocycles. The van der Waals surface area contributed by atoms with Crippen LogP contribution in [-0.2, 0) is 12.7 Å². The molecule has 0 saturated carbocycles. The Kier molecular flexibility index (Phi) is 5.46. The quantitative estimate of drug-likeness (QED) is 0.878. The van der Waals surface area contributed by atoms with Gasteiger partial charge < -0.3 is 15.7 Å². The second-order valence-electron chi connectivity index (χ2n) is 5.31. The molecule has 0 aliphatic rings. The van der Waals surface area contributed by atoms with Crippen LogP contribution in [0.4, 0.5) is 18.0 Å². The molecule has 0 saturated heterocycles. The van der Waals surface area contributed by atoms with Crippen molar-refractivity contribution in [1.82, 2.24) is 4.90 Å². The normalized spacial score (nSPS) is 12.7. The standard InChI is InChI=1S/C17H17F3N2O2/c18-17(19,20)14-9-5-4-8-13(14)15(23)11-22(16(21)24)10-12-6-2-1-3-7-12/h1-9,15,23H,10-11H2,(H2,21,24)/t15-/m1/s1.